The first-order valence-electron chi connectivity index (χ1n) is 9.77. The number of rotatable bonds is 7. The Kier molecular flexibility index (Phi) is 6.80. The maximum absolute atomic E-state index is 12.7. The van der Waals surface area contributed by atoms with Gasteiger partial charge in [0.2, 0.25) is 0 Å². The summed E-state index contributed by atoms with van der Waals surface area (Å²) in [6.07, 6.45) is 3.25. The SMILES string of the molecule is Cc1cccc(Cn2cccc(C(=O)N/N=C\c3cccc(OC(C)C)c3)c2=O)c1. The minimum atomic E-state index is -0.551. The van der Waals surface area contributed by atoms with Crippen molar-refractivity contribution >= 4 is 12.1 Å². The molecule has 30 heavy (non-hydrogen) atoms. The van der Waals surface area contributed by atoms with Gasteiger partial charge in [0.15, 0.2) is 0 Å². The number of ether oxygens (including phenoxy) is 1. The third-order valence-corrected chi connectivity index (χ3v) is 4.31. The molecule has 0 aliphatic rings. The van der Waals surface area contributed by atoms with E-state index in [9.17, 15) is 9.59 Å². The number of hydrazone groups is 1. The van der Waals surface area contributed by atoms with Crippen molar-refractivity contribution < 1.29 is 9.53 Å². The van der Waals surface area contributed by atoms with Gasteiger partial charge >= 0.3 is 0 Å². The lowest BCUT2D eigenvalue weighted by molar-refractivity contribution is 0.0953. The molecule has 3 aromatic rings. The van der Waals surface area contributed by atoms with Crippen LogP contribution in [0.25, 0.3) is 0 Å². The van der Waals surface area contributed by atoms with Gasteiger partial charge in [-0.2, -0.15) is 5.10 Å². The predicted molar refractivity (Wildman–Crippen MR) is 118 cm³/mol. The molecule has 1 aromatic heterocycles. The molecule has 1 amide bonds. The highest BCUT2D eigenvalue weighted by Gasteiger charge is 2.11. The van der Waals surface area contributed by atoms with E-state index in [0.717, 1.165) is 22.4 Å². The molecular weight excluding hydrogens is 378 g/mol. The second kappa shape index (κ2) is 9.69. The van der Waals surface area contributed by atoms with Crippen LogP contribution in [0.1, 0.15) is 40.9 Å². The van der Waals surface area contributed by atoms with E-state index < -0.39 is 5.91 Å². The highest BCUT2D eigenvalue weighted by Crippen LogP contribution is 2.13. The first-order chi connectivity index (χ1) is 14.4. The fourth-order valence-corrected chi connectivity index (χ4v) is 3.01. The lowest BCUT2D eigenvalue weighted by Crippen LogP contribution is -2.30. The maximum Gasteiger partial charge on any atom is 0.276 e. The van der Waals surface area contributed by atoms with Crippen molar-refractivity contribution in [1.82, 2.24) is 9.99 Å². The van der Waals surface area contributed by atoms with Crippen molar-refractivity contribution in [3.05, 3.63) is 99.5 Å². The zero-order valence-electron chi connectivity index (χ0n) is 17.3. The predicted octanol–water partition coefficient (Wildman–Crippen LogP) is 3.76. The summed E-state index contributed by atoms with van der Waals surface area (Å²) in [7, 11) is 0. The van der Waals surface area contributed by atoms with E-state index >= 15 is 0 Å². The smallest absolute Gasteiger partial charge is 0.276 e. The fourth-order valence-electron chi connectivity index (χ4n) is 3.01. The highest BCUT2D eigenvalue weighted by molar-refractivity contribution is 5.94. The first-order valence-corrected chi connectivity index (χ1v) is 9.77. The molecule has 0 unspecified atom stereocenters. The number of aryl methyl sites for hydroxylation is 1. The molecule has 154 valence electrons. The Morgan fingerprint density at radius 3 is 2.70 bits per heavy atom. The Morgan fingerprint density at radius 1 is 1.13 bits per heavy atom. The number of nitrogens with zero attached hydrogens (tertiary/aromatic N) is 2. The standard InChI is InChI=1S/C24H25N3O3/c1-17(2)30-21-10-5-8-19(14-21)15-25-26-23(28)22-11-6-12-27(24(22)29)16-20-9-4-7-18(3)13-20/h4-15,17H,16H2,1-3H3,(H,26,28)/b25-15-. The lowest BCUT2D eigenvalue weighted by atomic mass is 10.1. The molecule has 0 bridgehead atoms. The molecule has 0 aliphatic heterocycles. The van der Waals surface area contributed by atoms with E-state index in [-0.39, 0.29) is 17.2 Å². The third-order valence-electron chi connectivity index (χ3n) is 4.31. The molecule has 3 rings (SSSR count). The number of aromatic nitrogens is 1. The number of hydrogen-bond acceptors (Lipinski definition) is 4. The molecule has 6 heteroatoms. The molecule has 0 saturated heterocycles. The number of carbonyl (C=O) groups excluding carboxylic acids is 1. The lowest BCUT2D eigenvalue weighted by Gasteiger charge is -2.09. The summed E-state index contributed by atoms with van der Waals surface area (Å²) in [5.74, 6) is 0.173. The summed E-state index contributed by atoms with van der Waals surface area (Å²) >= 11 is 0. The first kappa shape index (κ1) is 21.0. The Bertz CT molecular complexity index is 1120. The number of pyridine rings is 1. The van der Waals surface area contributed by atoms with E-state index in [1.165, 1.54) is 16.8 Å². The van der Waals surface area contributed by atoms with E-state index in [2.05, 4.69) is 10.5 Å². The van der Waals surface area contributed by atoms with Crippen LogP contribution in [0, 0.1) is 6.92 Å². The molecule has 6 nitrogen and oxygen atoms in total. The quantitative estimate of drug-likeness (QED) is 0.482. The molecular formula is C24H25N3O3. The van der Waals surface area contributed by atoms with Crippen molar-refractivity contribution in [2.45, 2.75) is 33.4 Å². The number of carbonyl (C=O) groups is 1. The molecule has 0 fully saturated rings. The zero-order chi connectivity index (χ0) is 21.5. The summed E-state index contributed by atoms with van der Waals surface area (Å²) in [6, 6.07) is 18.5. The van der Waals surface area contributed by atoms with Crippen LogP contribution in [0.15, 0.2) is 76.8 Å². The fraction of sp³-hybridized carbons (Fsp3) is 0.208. The summed E-state index contributed by atoms with van der Waals surface area (Å²) in [6.45, 7) is 6.30. The molecule has 0 saturated carbocycles. The number of nitrogens with one attached hydrogen (secondary N) is 1. The summed E-state index contributed by atoms with van der Waals surface area (Å²) in [5.41, 5.74) is 4.99. The monoisotopic (exact) mass is 403 g/mol. The largest absolute Gasteiger partial charge is 0.491 e. The van der Waals surface area contributed by atoms with Crippen LogP contribution >= 0.6 is 0 Å². The number of hydrogen-bond donors (Lipinski definition) is 1. The van der Waals surface area contributed by atoms with E-state index in [1.54, 1.807) is 12.3 Å². The second-order valence-electron chi connectivity index (χ2n) is 7.28. The normalized spacial score (nSPS) is 11.1. The molecule has 2 aromatic carbocycles. The van der Waals surface area contributed by atoms with Crippen LogP contribution in [0.4, 0.5) is 0 Å². The van der Waals surface area contributed by atoms with Gasteiger partial charge < -0.3 is 9.30 Å². The summed E-state index contributed by atoms with van der Waals surface area (Å²) in [4.78, 5) is 25.2. The van der Waals surface area contributed by atoms with Gasteiger partial charge in [-0.15, -0.1) is 0 Å². The van der Waals surface area contributed by atoms with Crippen LogP contribution in [0.5, 0.6) is 5.75 Å². The minimum absolute atomic E-state index is 0.0409. The Balaban J connectivity index is 1.70. The number of benzene rings is 2. The summed E-state index contributed by atoms with van der Waals surface area (Å²) < 4.78 is 7.16. The highest BCUT2D eigenvalue weighted by atomic mass is 16.5. The van der Waals surface area contributed by atoms with Gasteiger partial charge in [0.25, 0.3) is 11.5 Å². The van der Waals surface area contributed by atoms with Crippen LogP contribution in [0.2, 0.25) is 0 Å². The third kappa shape index (κ3) is 5.67. The molecule has 0 radical (unpaired) electrons. The van der Waals surface area contributed by atoms with Gasteiger partial charge in [0.05, 0.1) is 18.9 Å². The number of amides is 1. The van der Waals surface area contributed by atoms with Crippen LogP contribution < -0.4 is 15.7 Å². The Hall–Kier alpha value is -3.67. The van der Waals surface area contributed by atoms with Gasteiger partial charge in [0, 0.05) is 6.20 Å². The van der Waals surface area contributed by atoms with Crippen molar-refractivity contribution in [2.24, 2.45) is 5.10 Å². The summed E-state index contributed by atoms with van der Waals surface area (Å²) in [5, 5.41) is 3.98. The van der Waals surface area contributed by atoms with E-state index in [4.69, 9.17) is 4.74 Å². The molecule has 1 N–H and O–H groups in total. The van der Waals surface area contributed by atoms with E-state index in [1.807, 2.05) is 69.3 Å². The Labute approximate surface area is 175 Å². The van der Waals surface area contributed by atoms with E-state index in [0.29, 0.717) is 6.54 Å². The topological polar surface area (TPSA) is 72.7 Å². The molecule has 0 aliphatic carbocycles. The van der Waals surface area contributed by atoms with Gasteiger partial charge in [-0.25, -0.2) is 5.43 Å². The van der Waals surface area contributed by atoms with Crippen LogP contribution in [-0.4, -0.2) is 22.8 Å². The Morgan fingerprint density at radius 2 is 1.93 bits per heavy atom. The van der Waals surface area contributed by atoms with Gasteiger partial charge in [-0.3, -0.25) is 9.59 Å². The molecule has 1 heterocycles. The zero-order valence-corrected chi connectivity index (χ0v) is 17.3. The minimum Gasteiger partial charge on any atom is -0.491 e. The van der Waals surface area contributed by atoms with Crippen molar-refractivity contribution in [3.8, 4) is 5.75 Å². The van der Waals surface area contributed by atoms with Gasteiger partial charge in [-0.05, 0) is 56.2 Å². The molecule has 0 spiro atoms. The maximum atomic E-state index is 12.7. The average Bonchev–Trinajstić information content (AvgIpc) is 2.69. The average molecular weight is 403 g/mol. The van der Waals surface area contributed by atoms with Crippen LogP contribution in [-0.2, 0) is 6.54 Å². The van der Waals surface area contributed by atoms with Gasteiger partial charge in [-0.1, -0.05) is 42.0 Å². The van der Waals surface area contributed by atoms with Crippen molar-refractivity contribution in [3.63, 3.8) is 0 Å². The second-order valence-corrected chi connectivity index (χ2v) is 7.28. The van der Waals surface area contributed by atoms with Crippen molar-refractivity contribution in [2.75, 3.05) is 0 Å². The van der Waals surface area contributed by atoms with Crippen LogP contribution in [0.3, 0.4) is 0 Å². The molecule has 0 atom stereocenters. The van der Waals surface area contributed by atoms with Crippen molar-refractivity contribution in [1.29, 1.82) is 0 Å². The van der Waals surface area contributed by atoms with Gasteiger partial charge in [0.1, 0.15) is 11.3 Å².